The van der Waals surface area contributed by atoms with E-state index < -0.39 is 0 Å². The summed E-state index contributed by atoms with van der Waals surface area (Å²) in [6.07, 6.45) is 0. The van der Waals surface area contributed by atoms with Crippen LogP contribution >= 0.6 is 23.4 Å². The van der Waals surface area contributed by atoms with Gasteiger partial charge in [-0.1, -0.05) is 52.8 Å². The lowest BCUT2D eigenvalue weighted by Crippen LogP contribution is -1.96. The third kappa shape index (κ3) is 3.74. The molecule has 2 heterocycles. The highest BCUT2D eigenvalue weighted by atomic mass is 35.5. The fraction of sp³-hybridized carbons (Fsp3) is 0.158. The normalized spacial score (nSPS) is 11.1. The second kappa shape index (κ2) is 7.54. The van der Waals surface area contributed by atoms with Gasteiger partial charge in [0, 0.05) is 23.2 Å². The average Bonchev–Trinajstić information content (AvgIpc) is 3.28. The molecule has 0 fully saturated rings. The van der Waals surface area contributed by atoms with Crippen molar-refractivity contribution in [3.63, 3.8) is 0 Å². The molecule has 0 unspecified atom stereocenters. The van der Waals surface area contributed by atoms with Gasteiger partial charge in [0.2, 0.25) is 11.7 Å². The minimum absolute atomic E-state index is 0.514. The average molecular weight is 398 g/mol. The highest BCUT2D eigenvalue weighted by Crippen LogP contribution is 2.27. The van der Waals surface area contributed by atoms with Crippen molar-refractivity contribution in [2.75, 3.05) is 0 Å². The minimum Gasteiger partial charge on any atom is -0.338 e. The Morgan fingerprint density at radius 1 is 1.07 bits per heavy atom. The highest BCUT2D eigenvalue weighted by Gasteiger charge is 2.15. The summed E-state index contributed by atoms with van der Waals surface area (Å²) in [5, 5.41) is 14.1. The number of hydrogen-bond donors (Lipinski definition) is 0. The summed E-state index contributed by atoms with van der Waals surface area (Å²) in [7, 11) is 1.96. The molecule has 0 spiro atoms. The molecule has 4 aromatic rings. The van der Waals surface area contributed by atoms with Gasteiger partial charge in [-0.25, -0.2) is 0 Å². The van der Waals surface area contributed by atoms with Crippen LogP contribution in [-0.4, -0.2) is 24.9 Å². The fourth-order valence-electron chi connectivity index (χ4n) is 2.65. The Labute approximate surface area is 165 Å². The maximum atomic E-state index is 5.91. The highest BCUT2D eigenvalue weighted by molar-refractivity contribution is 7.98. The Morgan fingerprint density at radius 2 is 1.85 bits per heavy atom. The van der Waals surface area contributed by atoms with Gasteiger partial charge in [-0.05, 0) is 36.8 Å². The van der Waals surface area contributed by atoms with Crippen molar-refractivity contribution in [2.45, 2.75) is 17.8 Å². The predicted octanol–water partition coefficient (Wildman–Crippen LogP) is 4.79. The first-order valence-electron chi connectivity index (χ1n) is 8.28. The van der Waals surface area contributed by atoms with Gasteiger partial charge in [-0.15, -0.1) is 10.2 Å². The molecule has 0 atom stereocenters. The number of hydrogen-bond acceptors (Lipinski definition) is 6. The van der Waals surface area contributed by atoms with E-state index in [1.807, 2.05) is 41.9 Å². The summed E-state index contributed by atoms with van der Waals surface area (Å²) in [5.74, 6) is 2.43. The number of rotatable bonds is 5. The second-order valence-electron chi connectivity index (χ2n) is 5.99. The van der Waals surface area contributed by atoms with Gasteiger partial charge >= 0.3 is 0 Å². The molecule has 27 heavy (non-hydrogen) atoms. The van der Waals surface area contributed by atoms with Gasteiger partial charge in [0.1, 0.15) is 0 Å². The van der Waals surface area contributed by atoms with Crippen molar-refractivity contribution in [1.82, 2.24) is 24.9 Å². The van der Waals surface area contributed by atoms with E-state index in [-0.39, 0.29) is 0 Å². The van der Waals surface area contributed by atoms with Gasteiger partial charge in [0.05, 0.1) is 5.75 Å². The smallest absolute Gasteiger partial charge is 0.237 e. The molecule has 0 aliphatic heterocycles. The first kappa shape index (κ1) is 17.8. The zero-order valence-corrected chi connectivity index (χ0v) is 16.3. The number of thioether (sulfide) groups is 1. The van der Waals surface area contributed by atoms with Crippen molar-refractivity contribution >= 4 is 23.4 Å². The Hall–Kier alpha value is -2.64. The first-order valence-corrected chi connectivity index (χ1v) is 9.65. The molecule has 2 aromatic heterocycles. The van der Waals surface area contributed by atoms with Crippen LogP contribution in [0.4, 0.5) is 0 Å². The van der Waals surface area contributed by atoms with Crippen LogP contribution in [0.2, 0.25) is 5.02 Å². The lowest BCUT2D eigenvalue weighted by molar-refractivity contribution is 0.391. The first-order chi connectivity index (χ1) is 13.1. The van der Waals surface area contributed by atoms with E-state index in [2.05, 4.69) is 33.3 Å². The van der Waals surface area contributed by atoms with Crippen LogP contribution in [-0.2, 0) is 12.8 Å². The lowest BCUT2D eigenvalue weighted by atomic mass is 10.1. The second-order valence-corrected chi connectivity index (χ2v) is 7.37. The molecule has 2 aromatic carbocycles. The topological polar surface area (TPSA) is 69.6 Å². The summed E-state index contributed by atoms with van der Waals surface area (Å²) in [6.45, 7) is 2.06. The summed E-state index contributed by atoms with van der Waals surface area (Å²) in [5.41, 5.74) is 3.09. The van der Waals surface area contributed by atoms with Crippen molar-refractivity contribution < 1.29 is 4.52 Å². The van der Waals surface area contributed by atoms with Gasteiger partial charge in [0.15, 0.2) is 11.0 Å². The zero-order valence-electron chi connectivity index (χ0n) is 14.8. The SMILES string of the molecule is Cc1ccccc1-c1nnc(SCc2nc(-c3ccc(Cl)cc3)no2)n1C. The van der Waals surface area contributed by atoms with Crippen LogP contribution in [0, 0.1) is 6.92 Å². The molecule has 0 amide bonds. The van der Waals surface area contributed by atoms with Crippen molar-refractivity contribution in [2.24, 2.45) is 7.05 Å². The summed E-state index contributed by atoms with van der Waals surface area (Å²) in [6, 6.07) is 15.4. The fourth-order valence-corrected chi connectivity index (χ4v) is 3.53. The predicted molar refractivity (Wildman–Crippen MR) is 105 cm³/mol. The van der Waals surface area contributed by atoms with E-state index >= 15 is 0 Å². The zero-order chi connectivity index (χ0) is 18.8. The largest absolute Gasteiger partial charge is 0.338 e. The van der Waals surface area contributed by atoms with Gasteiger partial charge in [-0.2, -0.15) is 4.98 Å². The van der Waals surface area contributed by atoms with Crippen LogP contribution in [0.5, 0.6) is 0 Å². The molecule has 0 saturated carbocycles. The summed E-state index contributed by atoms with van der Waals surface area (Å²) >= 11 is 7.41. The van der Waals surface area contributed by atoms with Crippen LogP contribution < -0.4 is 0 Å². The Kier molecular flexibility index (Phi) is 4.96. The molecular weight excluding hydrogens is 382 g/mol. The molecule has 0 bridgehead atoms. The summed E-state index contributed by atoms with van der Waals surface area (Å²) < 4.78 is 7.32. The molecule has 4 rings (SSSR count). The molecule has 136 valence electrons. The van der Waals surface area contributed by atoms with Crippen molar-refractivity contribution in [3.8, 4) is 22.8 Å². The van der Waals surface area contributed by atoms with E-state index in [4.69, 9.17) is 16.1 Å². The molecule has 0 aliphatic carbocycles. The number of nitrogens with zero attached hydrogens (tertiary/aromatic N) is 5. The third-order valence-corrected chi connectivity index (χ3v) is 5.37. The van der Waals surface area contributed by atoms with Crippen molar-refractivity contribution in [3.05, 3.63) is 65.0 Å². The maximum absolute atomic E-state index is 5.91. The monoisotopic (exact) mass is 397 g/mol. The molecule has 8 heteroatoms. The Balaban J connectivity index is 1.49. The molecule has 6 nitrogen and oxygen atoms in total. The number of halogens is 1. The van der Waals surface area contributed by atoms with Crippen LogP contribution in [0.15, 0.2) is 58.2 Å². The molecule has 0 saturated heterocycles. The Bertz CT molecular complexity index is 1070. The third-order valence-electron chi connectivity index (χ3n) is 4.12. The number of aryl methyl sites for hydroxylation is 1. The van der Waals surface area contributed by atoms with Gasteiger partial charge in [-0.3, -0.25) is 0 Å². The van der Waals surface area contributed by atoms with Crippen LogP contribution in [0.1, 0.15) is 11.5 Å². The summed E-state index contributed by atoms with van der Waals surface area (Å²) in [4.78, 5) is 4.43. The molecule has 0 N–H and O–H groups in total. The van der Waals surface area contributed by atoms with Crippen LogP contribution in [0.3, 0.4) is 0 Å². The number of benzene rings is 2. The minimum atomic E-state index is 0.514. The van der Waals surface area contributed by atoms with Crippen LogP contribution in [0.25, 0.3) is 22.8 Å². The lowest BCUT2D eigenvalue weighted by Gasteiger charge is -2.05. The van der Waals surface area contributed by atoms with Gasteiger partial charge in [0.25, 0.3) is 0 Å². The van der Waals surface area contributed by atoms with Crippen molar-refractivity contribution in [1.29, 1.82) is 0 Å². The van der Waals surface area contributed by atoms with E-state index in [1.165, 1.54) is 11.8 Å². The molecule has 0 radical (unpaired) electrons. The van der Waals surface area contributed by atoms with E-state index in [0.29, 0.717) is 22.5 Å². The van der Waals surface area contributed by atoms with E-state index in [9.17, 15) is 0 Å². The number of aromatic nitrogens is 5. The van der Waals surface area contributed by atoms with E-state index in [1.54, 1.807) is 12.1 Å². The maximum Gasteiger partial charge on any atom is 0.237 e. The van der Waals surface area contributed by atoms with E-state index in [0.717, 1.165) is 27.7 Å². The molecule has 0 aliphatic rings. The molecular formula is C19H16ClN5OS. The Morgan fingerprint density at radius 3 is 2.63 bits per heavy atom. The van der Waals surface area contributed by atoms with Gasteiger partial charge < -0.3 is 9.09 Å². The quantitative estimate of drug-likeness (QED) is 0.451. The standard InChI is InChI=1S/C19H16ClN5OS/c1-12-5-3-4-6-15(12)18-22-23-19(25(18)2)27-11-16-21-17(24-26-16)13-7-9-14(20)10-8-13/h3-10H,11H2,1-2H3.